The Balaban J connectivity index is 1.89. The van der Waals surface area contributed by atoms with Crippen molar-refractivity contribution < 1.29 is 9.72 Å². The van der Waals surface area contributed by atoms with E-state index < -0.39 is 4.92 Å². The molecule has 114 valence electrons. The summed E-state index contributed by atoms with van der Waals surface area (Å²) < 4.78 is 0. The average molecular weight is 316 g/mol. The zero-order chi connectivity index (χ0) is 16.1. The summed E-state index contributed by atoms with van der Waals surface area (Å²) in [5.41, 5.74) is 3.13. The van der Waals surface area contributed by atoms with E-state index in [1.54, 1.807) is 12.1 Å². The number of anilines is 1. The van der Waals surface area contributed by atoms with Crippen LogP contribution in [0.25, 0.3) is 0 Å². The molecular weight excluding hydrogens is 300 g/mol. The van der Waals surface area contributed by atoms with Gasteiger partial charge in [-0.1, -0.05) is 6.07 Å². The molecule has 2 rings (SSSR count). The molecule has 0 aliphatic carbocycles. The van der Waals surface area contributed by atoms with E-state index in [9.17, 15) is 14.9 Å². The standard InChI is InChI=1S/C16H16N2O3S/c1-11-3-4-13(9-12(11)2)17-16(19)10-22-15-7-5-14(6-8-15)18(20)21/h3-9H,10H2,1-2H3,(H,17,19). The van der Waals surface area contributed by atoms with Crippen molar-refractivity contribution in [3.05, 3.63) is 63.7 Å². The number of nitro benzene ring substituents is 1. The van der Waals surface area contributed by atoms with E-state index in [0.717, 1.165) is 16.1 Å². The van der Waals surface area contributed by atoms with E-state index in [1.807, 2.05) is 32.0 Å². The number of hydrogen-bond acceptors (Lipinski definition) is 4. The highest BCUT2D eigenvalue weighted by molar-refractivity contribution is 8.00. The van der Waals surface area contributed by atoms with E-state index in [0.29, 0.717) is 0 Å². The number of amides is 1. The van der Waals surface area contributed by atoms with Gasteiger partial charge in [-0.05, 0) is 49.2 Å². The van der Waals surface area contributed by atoms with Crippen LogP contribution in [-0.4, -0.2) is 16.6 Å². The minimum Gasteiger partial charge on any atom is -0.325 e. The second-order valence-corrected chi connectivity index (χ2v) is 5.94. The van der Waals surface area contributed by atoms with Crippen molar-refractivity contribution in [2.75, 3.05) is 11.1 Å². The Kier molecular flexibility index (Phi) is 5.16. The van der Waals surface area contributed by atoms with Crippen molar-refractivity contribution >= 4 is 29.0 Å². The van der Waals surface area contributed by atoms with Gasteiger partial charge in [0.25, 0.3) is 5.69 Å². The van der Waals surface area contributed by atoms with Crippen molar-refractivity contribution in [2.24, 2.45) is 0 Å². The van der Waals surface area contributed by atoms with Crippen LogP contribution < -0.4 is 5.32 Å². The molecule has 0 saturated carbocycles. The first-order valence-corrected chi connectivity index (χ1v) is 7.68. The summed E-state index contributed by atoms with van der Waals surface area (Å²) in [6.45, 7) is 4.02. The summed E-state index contributed by atoms with van der Waals surface area (Å²) in [5.74, 6) is 0.150. The van der Waals surface area contributed by atoms with Crippen LogP contribution in [0, 0.1) is 24.0 Å². The topological polar surface area (TPSA) is 72.2 Å². The third-order valence-electron chi connectivity index (χ3n) is 3.21. The predicted molar refractivity (Wildman–Crippen MR) is 88.4 cm³/mol. The normalized spacial score (nSPS) is 10.3. The van der Waals surface area contributed by atoms with Gasteiger partial charge in [-0.3, -0.25) is 14.9 Å². The van der Waals surface area contributed by atoms with E-state index in [1.165, 1.54) is 29.5 Å². The number of carbonyl (C=O) groups is 1. The van der Waals surface area contributed by atoms with E-state index in [-0.39, 0.29) is 17.3 Å². The molecule has 6 heteroatoms. The van der Waals surface area contributed by atoms with Gasteiger partial charge in [0.15, 0.2) is 0 Å². The SMILES string of the molecule is Cc1ccc(NC(=O)CSc2ccc([N+](=O)[O-])cc2)cc1C. The van der Waals surface area contributed by atoms with E-state index in [2.05, 4.69) is 5.32 Å². The third-order valence-corrected chi connectivity index (χ3v) is 4.22. The molecule has 0 unspecified atom stereocenters. The number of benzene rings is 2. The molecule has 0 spiro atoms. The fraction of sp³-hybridized carbons (Fsp3) is 0.188. The molecule has 0 heterocycles. The van der Waals surface area contributed by atoms with E-state index in [4.69, 9.17) is 0 Å². The molecule has 1 N–H and O–H groups in total. The summed E-state index contributed by atoms with van der Waals surface area (Å²) in [7, 11) is 0. The lowest BCUT2D eigenvalue weighted by Crippen LogP contribution is -2.14. The molecule has 0 fully saturated rings. The molecule has 22 heavy (non-hydrogen) atoms. The number of rotatable bonds is 5. The first-order valence-electron chi connectivity index (χ1n) is 6.70. The molecule has 1 amide bonds. The number of nitrogens with zero attached hydrogens (tertiary/aromatic N) is 1. The van der Waals surface area contributed by atoms with Gasteiger partial charge in [-0.15, -0.1) is 11.8 Å². The maximum absolute atomic E-state index is 11.9. The Labute approximate surface area is 132 Å². The molecule has 0 saturated heterocycles. The minimum absolute atomic E-state index is 0.0453. The maximum Gasteiger partial charge on any atom is 0.269 e. The number of hydrogen-bond donors (Lipinski definition) is 1. The Morgan fingerprint density at radius 2 is 1.82 bits per heavy atom. The molecule has 0 bridgehead atoms. The van der Waals surface area contributed by atoms with Crippen molar-refractivity contribution in [3.8, 4) is 0 Å². The van der Waals surface area contributed by atoms with Crippen molar-refractivity contribution in [1.29, 1.82) is 0 Å². The molecule has 0 aromatic heterocycles. The molecule has 0 aliphatic rings. The zero-order valence-electron chi connectivity index (χ0n) is 12.3. The summed E-state index contributed by atoms with van der Waals surface area (Å²) in [4.78, 5) is 22.9. The lowest BCUT2D eigenvalue weighted by Gasteiger charge is -2.07. The van der Waals surface area contributed by atoms with Crippen LogP contribution in [0.2, 0.25) is 0 Å². The molecule has 2 aromatic rings. The molecule has 2 aromatic carbocycles. The number of non-ortho nitro benzene ring substituents is 1. The van der Waals surface area contributed by atoms with Gasteiger partial charge in [-0.25, -0.2) is 0 Å². The second-order valence-electron chi connectivity index (χ2n) is 4.89. The minimum atomic E-state index is -0.444. The summed E-state index contributed by atoms with van der Waals surface area (Å²) in [6, 6.07) is 11.9. The number of nitro groups is 1. The molecule has 0 aliphatic heterocycles. The van der Waals surface area contributed by atoms with Gasteiger partial charge in [0.2, 0.25) is 5.91 Å². The van der Waals surface area contributed by atoms with Gasteiger partial charge in [0.05, 0.1) is 10.7 Å². The summed E-state index contributed by atoms with van der Waals surface area (Å²) >= 11 is 1.34. The van der Waals surface area contributed by atoms with Crippen LogP contribution in [0.15, 0.2) is 47.4 Å². The Hall–Kier alpha value is -2.34. The van der Waals surface area contributed by atoms with Crippen molar-refractivity contribution in [3.63, 3.8) is 0 Å². The zero-order valence-corrected chi connectivity index (χ0v) is 13.1. The lowest BCUT2D eigenvalue weighted by molar-refractivity contribution is -0.384. The fourth-order valence-corrected chi connectivity index (χ4v) is 2.53. The summed E-state index contributed by atoms with van der Waals surface area (Å²) in [5, 5.41) is 13.4. The first-order chi connectivity index (χ1) is 10.5. The highest BCUT2D eigenvalue weighted by Gasteiger charge is 2.07. The van der Waals surface area contributed by atoms with Crippen LogP contribution >= 0.6 is 11.8 Å². The number of aryl methyl sites for hydroxylation is 2. The fourth-order valence-electron chi connectivity index (χ4n) is 1.83. The Bertz CT molecular complexity index is 699. The van der Waals surface area contributed by atoms with Crippen molar-refractivity contribution in [2.45, 2.75) is 18.7 Å². The Morgan fingerprint density at radius 3 is 2.41 bits per heavy atom. The van der Waals surface area contributed by atoms with Gasteiger partial charge >= 0.3 is 0 Å². The summed E-state index contributed by atoms with van der Waals surface area (Å²) in [6.07, 6.45) is 0. The van der Waals surface area contributed by atoms with Crippen LogP contribution in [0.3, 0.4) is 0 Å². The highest BCUT2D eigenvalue weighted by Crippen LogP contribution is 2.22. The predicted octanol–water partition coefficient (Wildman–Crippen LogP) is 3.94. The Morgan fingerprint density at radius 1 is 1.14 bits per heavy atom. The van der Waals surface area contributed by atoms with Gasteiger partial charge in [0.1, 0.15) is 0 Å². The van der Waals surface area contributed by atoms with Crippen LogP contribution in [0.4, 0.5) is 11.4 Å². The average Bonchev–Trinajstić information content (AvgIpc) is 2.49. The molecule has 0 radical (unpaired) electrons. The maximum atomic E-state index is 11.9. The van der Waals surface area contributed by atoms with Crippen LogP contribution in [0.5, 0.6) is 0 Å². The highest BCUT2D eigenvalue weighted by atomic mass is 32.2. The van der Waals surface area contributed by atoms with Gasteiger partial charge < -0.3 is 5.32 Å². The monoisotopic (exact) mass is 316 g/mol. The molecular formula is C16H16N2O3S. The molecule has 0 atom stereocenters. The van der Waals surface area contributed by atoms with Crippen molar-refractivity contribution in [1.82, 2.24) is 0 Å². The number of carbonyl (C=O) groups excluding carboxylic acids is 1. The van der Waals surface area contributed by atoms with Crippen LogP contribution in [-0.2, 0) is 4.79 Å². The molecule has 5 nitrogen and oxygen atoms in total. The smallest absolute Gasteiger partial charge is 0.269 e. The largest absolute Gasteiger partial charge is 0.325 e. The van der Waals surface area contributed by atoms with E-state index >= 15 is 0 Å². The van der Waals surface area contributed by atoms with Gasteiger partial charge in [0, 0.05) is 22.7 Å². The third kappa shape index (κ3) is 4.33. The quantitative estimate of drug-likeness (QED) is 0.515. The number of thioether (sulfide) groups is 1. The second kappa shape index (κ2) is 7.09. The lowest BCUT2D eigenvalue weighted by atomic mass is 10.1. The first kappa shape index (κ1) is 16.0. The van der Waals surface area contributed by atoms with Gasteiger partial charge in [-0.2, -0.15) is 0 Å². The number of nitrogens with one attached hydrogen (secondary N) is 1. The van der Waals surface area contributed by atoms with Crippen LogP contribution in [0.1, 0.15) is 11.1 Å².